The maximum absolute atomic E-state index is 5.85. The van der Waals surface area contributed by atoms with Gasteiger partial charge in [-0.3, -0.25) is 0 Å². The Kier molecular flexibility index (Phi) is 9.15. The zero-order valence-corrected chi connectivity index (χ0v) is 17.8. The molecule has 1 aromatic carbocycles. The summed E-state index contributed by atoms with van der Waals surface area (Å²) in [5, 5.41) is 6.76. The molecule has 2 aromatic rings. The van der Waals surface area contributed by atoms with Crippen molar-refractivity contribution >= 4 is 17.1 Å². The molecule has 4 nitrogen and oxygen atoms in total. The molecule has 2 N–H and O–H groups in total. The van der Waals surface area contributed by atoms with Gasteiger partial charge in [-0.15, -0.1) is 0 Å². The molecule has 1 aromatic heterocycles. The molecule has 1 aliphatic heterocycles. The lowest BCUT2D eigenvalue weighted by Crippen LogP contribution is -2.17. The van der Waals surface area contributed by atoms with Crippen molar-refractivity contribution in [1.29, 1.82) is 0 Å². The summed E-state index contributed by atoms with van der Waals surface area (Å²) in [4.78, 5) is 4.64. The van der Waals surface area contributed by atoms with E-state index >= 15 is 0 Å². The summed E-state index contributed by atoms with van der Waals surface area (Å²) in [5.41, 5.74) is 3.25. The number of oxazole rings is 1. The van der Waals surface area contributed by atoms with E-state index in [2.05, 4.69) is 40.7 Å². The predicted octanol–water partition coefficient (Wildman–Crippen LogP) is 6.31. The van der Waals surface area contributed by atoms with Crippen LogP contribution < -0.4 is 10.6 Å². The van der Waals surface area contributed by atoms with Crippen molar-refractivity contribution < 1.29 is 4.42 Å². The molecule has 0 saturated carbocycles. The van der Waals surface area contributed by atoms with Crippen LogP contribution in [0.1, 0.15) is 83.1 Å². The van der Waals surface area contributed by atoms with E-state index in [4.69, 9.17) is 4.42 Å². The van der Waals surface area contributed by atoms with Crippen LogP contribution >= 0.6 is 0 Å². The Labute approximate surface area is 170 Å². The van der Waals surface area contributed by atoms with E-state index in [1.54, 1.807) is 0 Å². The van der Waals surface area contributed by atoms with Gasteiger partial charge < -0.3 is 15.1 Å². The van der Waals surface area contributed by atoms with Crippen molar-refractivity contribution in [3.63, 3.8) is 0 Å². The van der Waals surface area contributed by atoms with Gasteiger partial charge >= 0.3 is 0 Å². The SMILES string of the molecule is CCCCCCCCCCCCc1ccc2oc(NC[C@H]3CCNC3)nc2c1. The molecule has 0 radical (unpaired) electrons. The number of nitrogens with one attached hydrogen (secondary N) is 2. The van der Waals surface area contributed by atoms with Gasteiger partial charge in [0.15, 0.2) is 5.58 Å². The number of aromatic nitrogens is 1. The third-order valence-electron chi connectivity index (χ3n) is 5.98. The van der Waals surface area contributed by atoms with Gasteiger partial charge in [-0.1, -0.05) is 70.8 Å². The lowest BCUT2D eigenvalue weighted by molar-refractivity contribution is 0.556. The Morgan fingerprint density at radius 3 is 2.50 bits per heavy atom. The molecule has 156 valence electrons. The second-order valence-corrected chi connectivity index (χ2v) is 8.49. The van der Waals surface area contributed by atoms with Gasteiger partial charge in [0, 0.05) is 6.54 Å². The van der Waals surface area contributed by atoms with E-state index in [0.717, 1.165) is 37.2 Å². The molecule has 0 spiro atoms. The van der Waals surface area contributed by atoms with Gasteiger partial charge in [0.1, 0.15) is 5.52 Å². The molecular formula is C24H39N3O. The molecule has 1 aliphatic rings. The molecule has 0 amide bonds. The Bertz CT molecular complexity index is 676. The van der Waals surface area contributed by atoms with Gasteiger partial charge in [0.05, 0.1) is 0 Å². The number of nitrogens with zero attached hydrogens (tertiary/aromatic N) is 1. The normalized spacial score (nSPS) is 16.8. The lowest BCUT2D eigenvalue weighted by Gasteiger charge is -2.07. The molecule has 2 heterocycles. The van der Waals surface area contributed by atoms with Gasteiger partial charge in [-0.2, -0.15) is 4.98 Å². The average Bonchev–Trinajstić information content (AvgIpc) is 3.36. The monoisotopic (exact) mass is 385 g/mol. The highest BCUT2D eigenvalue weighted by atomic mass is 16.4. The van der Waals surface area contributed by atoms with E-state index in [0.29, 0.717) is 11.9 Å². The molecule has 28 heavy (non-hydrogen) atoms. The second-order valence-electron chi connectivity index (χ2n) is 8.49. The minimum atomic E-state index is 0.665. The summed E-state index contributed by atoms with van der Waals surface area (Å²) in [6.07, 6.45) is 16.2. The van der Waals surface area contributed by atoms with E-state index in [1.165, 1.54) is 76.2 Å². The van der Waals surface area contributed by atoms with Gasteiger partial charge in [0.2, 0.25) is 0 Å². The Morgan fingerprint density at radius 1 is 1.04 bits per heavy atom. The second kappa shape index (κ2) is 12.1. The van der Waals surface area contributed by atoms with Crippen LogP contribution in [0.4, 0.5) is 6.01 Å². The fourth-order valence-electron chi connectivity index (χ4n) is 4.14. The highest BCUT2D eigenvalue weighted by Crippen LogP contribution is 2.22. The Morgan fingerprint density at radius 2 is 1.79 bits per heavy atom. The summed E-state index contributed by atoms with van der Waals surface area (Å²) in [5.74, 6) is 0.682. The van der Waals surface area contributed by atoms with Crippen molar-refractivity contribution in [1.82, 2.24) is 10.3 Å². The summed E-state index contributed by atoms with van der Waals surface area (Å²) in [7, 11) is 0. The largest absolute Gasteiger partial charge is 0.424 e. The summed E-state index contributed by atoms with van der Waals surface area (Å²) in [6, 6.07) is 7.15. The molecule has 0 aliphatic carbocycles. The molecule has 4 heteroatoms. The molecule has 1 fully saturated rings. The summed E-state index contributed by atoms with van der Waals surface area (Å²) in [6.45, 7) is 5.44. The molecule has 0 unspecified atom stereocenters. The quantitative estimate of drug-likeness (QED) is 0.374. The maximum atomic E-state index is 5.85. The van der Waals surface area contributed by atoms with Crippen LogP contribution in [-0.2, 0) is 6.42 Å². The Balaban J connectivity index is 1.31. The van der Waals surface area contributed by atoms with Gasteiger partial charge in [-0.25, -0.2) is 0 Å². The van der Waals surface area contributed by atoms with E-state index in [9.17, 15) is 0 Å². The molecular weight excluding hydrogens is 346 g/mol. The van der Waals surface area contributed by atoms with E-state index < -0.39 is 0 Å². The van der Waals surface area contributed by atoms with Crippen molar-refractivity contribution in [3.8, 4) is 0 Å². The third-order valence-corrected chi connectivity index (χ3v) is 5.98. The molecule has 3 rings (SSSR count). The predicted molar refractivity (Wildman–Crippen MR) is 119 cm³/mol. The fourth-order valence-corrected chi connectivity index (χ4v) is 4.14. The minimum absolute atomic E-state index is 0.665. The van der Waals surface area contributed by atoms with Crippen LogP contribution in [0.25, 0.3) is 11.1 Å². The first kappa shape index (κ1) is 21.2. The highest BCUT2D eigenvalue weighted by Gasteiger charge is 2.15. The first-order valence-electron chi connectivity index (χ1n) is 11.7. The van der Waals surface area contributed by atoms with Crippen LogP contribution in [0.5, 0.6) is 0 Å². The van der Waals surface area contributed by atoms with Crippen molar-refractivity contribution in [2.75, 3.05) is 25.0 Å². The van der Waals surface area contributed by atoms with Gasteiger partial charge in [-0.05, 0) is 56.0 Å². The highest BCUT2D eigenvalue weighted by molar-refractivity contribution is 5.75. The van der Waals surface area contributed by atoms with Gasteiger partial charge in [0.25, 0.3) is 6.01 Å². The van der Waals surface area contributed by atoms with E-state index in [1.807, 2.05) is 0 Å². The van der Waals surface area contributed by atoms with Crippen LogP contribution in [0.15, 0.2) is 22.6 Å². The fraction of sp³-hybridized carbons (Fsp3) is 0.708. The number of rotatable bonds is 14. The standard InChI is InChI=1S/C24H39N3O/c1-2-3-4-5-6-7-8-9-10-11-12-20-13-14-23-22(17-20)27-24(28-23)26-19-21-15-16-25-18-21/h13-14,17,21,25H,2-12,15-16,18-19H2,1H3,(H,26,27)/t21-/m0/s1. The van der Waals surface area contributed by atoms with Crippen molar-refractivity contribution in [3.05, 3.63) is 23.8 Å². The number of hydrogen-bond donors (Lipinski definition) is 2. The number of benzene rings is 1. The topological polar surface area (TPSA) is 50.1 Å². The molecule has 0 bridgehead atoms. The summed E-state index contributed by atoms with van der Waals surface area (Å²) < 4.78 is 5.85. The van der Waals surface area contributed by atoms with Crippen LogP contribution in [0.3, 0.4) is 0 Å². The maximum Gasteiger partial charge on any atom is 0.295 e. The van der Waals surface area contributed by atoms with Crippen molar-refractivity contribution in [2.45, 2.75) is 84.0 Å². The lowest BCUT2D eigenvalue weighted by atomic mass is 10.0. The first-order chi connectivity index (χ1) is 13.8. The first-order valence-corrected chi connectivity index (χ1v) is 11.7. The zero-order valence-electron chi connectivity index (χ0n) is 17.8. The van der Waals surface area contributed by atoms with Crippen LogP contribution in [0.2, 0.25) is 0 Å². The minimum Gasteiger partial charge on any atom is -0.424 e. The average molecular weight is 386 g/mol. The smallest absolute Gasteiger partial charge is 0.295 e. The number of fused-ring (bicyclic) bond motifs is 1. The third kappa shape index (κ3) is 7.12. The molecule has 1 saturated heterocycles. The zero-order chi connectivity index (χ0) is 19.4. The number of aryl methyl sites for hydroxylation is 1. The van der Waals surface area contributed by atoms with Crippen LogP contribution in [0, 0.1) is 5.92 Å². The number of anilines is 1. The number of unbranched alkanes of at least 4 members (excludes halogenated alkanes) is 9. The van der Waals surface area contributed by atoms with E-state index in [-0.39, 0.29) is 0 Å². The Hall–Kier alpha value is -1.55. The molecule has 1 atom stereocenters. The summed E-state index contributed by atoms with van der Waals surface area (Å²) >= 11 is 0. The number of hydrogen-bond acceptors (Lipinski definition) is 4. The van der Waals surface area contributed by atoms with Crippen LogP contribution in [-0.4, -0.2) is 24.6 Å². The van der Waals surface area contributed by atoms with Crippen molar-refractivity contribution in [2.24, 2.45) is 5.92 Å².